The molecule has 0 aliphatic carbocycles. The molecule has 2 aromatic heterocycles. The minimum atomic E-state index is 0.293. The Morgan fingerprint density at radius 1 is 1.02 bits per heavy atom. The van der Waals surface area contributed by atoms with Crippen LogP contribution in [0.1, 0.15) is 16.7 Å². The molecular weight excluding hydrogens is 548 g/mol. The highest BCUT2D eigenvalue weighted by atomic mass is 32.2. The molecule has 0 aliphatic heterocycles. The molecule has 0 fully saturated rings. The Morgan fingerprint density at radius 3 is 2.40 bits per heavy atom. The standard InChI is InChI=1S/C27H30N8O3S2/c1-17-8-7-9-18(12-17)16-39-26-29-23(19-13-21(36-4)24(38-6)22(14-19)37-5)20(15-28)25(30-26)40-27-31-32-33-35(27)11-10-34(2)3/h7-9,12-14H,10-11,16H2,1-6H3. The smallest absolute Gasteiger partial charge is 0.215 e. The third-order valence-corrected chi connectivity index (χ3v) is 7.68. The molecule has 0 saturated carbocycles. The van der Waals surface area contributed by atoms with Gasteiger partial charge in [0.2, 0.25) is 10.9 Å². The van der Waals surface area contributed by atoms with Gasteiger partial charge in [0.1, 0.15) is 16.7 Å². The van der Waals surface area contributed by atoms with Crippen LogP contribution in [0.4, 0.5) is 0 Å². The number of likely N-dealkylation sites (N-methyl/N-ethyl adjacent to an activating group) is 1. The van der Waals surface area contributed by atoms with Gasteiger partial charge >= 0.3 is 0 Å². The van der Waals surface area contributed by atoms with Gasteiger partial charge in [0.15, 0.2) is 16.7 Å². The summed E-state index contributed by atoms with van der Waals surface area (Å²) in [4.78, 5) is 11.7. The third-order valence-electron chi connectivity index (χ3n) is 5.80. The maximum absolute atomic E-state index is 10.3. The van der Waals surface area contributed by atoms with E-state index in [2.05, 4.69) is 46.7 Å². The van der Waals surface area contributed by atoms with Crippen LogP contribution in [0.25, 0.3) is 11.3 Å². The number of tetrazole rings is 1. The van der Waals surface area contributed by atoms with E-state index in [-0.39, 0.29) is 0 Å². The number of nitriles is 1. The monoisotopic (exact) mass is 578 g/mol. The fourth-order valence-corrected chi connectivity index (χ4v) is 5.53. The van der Waals surface area contributed by atoms with E-state index in [4.69, 9.17) is 24.2 Å². The highest BCUT2D eigenvalue weighted by Gasteiger charge is 2.23. The van der Waals surface area contributed by atoms with Gasteiger partial charge in [0.25, 0.3) is 0 Å². The van der Waals surface area contributed by atoms with Gasteiger partial charge in [-0.15, -0.1) is 5.10 Å². The van der Waals surface area contributed by atoms with Gasteiger partial charge in [-0.25, -0.2) is 14.6 Å². The highest BCUT2D eigenvalue weighted by Crippen LogP contribution is 2.43. The maximum atomic E-state index is 10.3. The topological polar surface area (TPSA) is 124 Å². The fourth-order valence-electron chi connectivity index (χ4n) is 3.83. The van der Waals surface area contributed by atoms with E-state index in [0.717, 1.165) is 12.1 Å². The average Bonchev–Trinajstić information content (AvgIpc) is 3.40. The molecule has 2 heterocycles. The molecule has 0 unspecified atom stereocenters. The van der Waals surface area contributed by atoms with Gasteiger partial charge in [0.05, 0.1) is 33.6 Å². The van der Waals surface area contributed by atoms with Crippen molar-refractivity contribution < 1.29 is 14.2 Å². The van der Waals surface area contributed by atoms with Crippen molar-refractivity contribution in [3.63, 3.8) is 0 Å². The lowest BCUT2D eigenvalue weighted by atomic mass is 10.1. The minimum absolute atomic E-state index is 0.293. The van der Waals surface area contributed by atoms with E-state index in [1.165, 1.54) is 29.1 Å². The first-order valence-electron chi connectivity index (χ1n) is 12.3. The van der Waals surface area contributed by atoms with Crippen LogP contribution in [0, 0.1) is 18.3 Å². The summed E-state index contributed by atoms with van der Waals surface area (Å²) in [5.74, 6) is 2.02. The minimum Gasteiger partial charge on any atom is -0.493 e. The number of aromatic nitrogens is 6. The summed E-state index contributed by atoms with van der Waals surface area (Å²) in [6.45, 7) is 3.40. The quantitative estimate of drug-likeness (QED) is 0.135. The van der Waals surface area contributed by atoms with Crippen LogP contribution in [-0.2, 0) is 12.3 Å². The molecule has 4 rings (SSSR count). The molecule has 11 nitrogen and oxygen atoms in total. The maximum Gasteiger partial charge on any atom is 0.215 e. The molecule has 0 spiro atoms. The first-order valence-corrected chi connectivity index (χ1v) is 14.1. The zero-order valence-corrected chi connectivity index (χ0v) is 24.8. The van der Waals surface area contributed by atoms with E-state index in [1.54, 1.807) is 38.1 Å². The summed E-state index contributed by atoms with van der Waals surface area (Å²) < 4.78 is 18.3. The van der Waals surface area contributed by atoms with Crippen molar-refractivity contribution in [2.75, 3.05) is 42.0 Å². The molecule has 208 valence electrons. The molecule has 0 aliphatic rings. The van der Waals surface area contributed by atoms with Gasteiger partial charge < -0.3 is 19.1 Å². The van der Waals surface area contributed by atoms with Crippen LogP contribution in [0.2, 0.25) is 0 Å². The second-order valence-corrected chi connectivity index (χ2v) is 10.8. The van der Waals surface area contributed by atoms with Gasteiger partial charge in [-0.05, 0) is 60.9 Å². The molecule has 4 aromatic rings. The second-order valence-electron chi connectivity index (χ2n) is 8.93. The van der Waals surface area contributed by atoms with E-state index in [1.807, 2.05) is 25.1 Å². The van der Waals surface area contributed by atoms with Crippen LogP contribution < -0.4 is 14.2 Å². The molecule has 0 N–H and O–H groups in total. The number of aryl methyl sites for hydroxylation is 1. The fraction of sp³-hybridized carbons (Fsp3) is 0.333. The Balaban J connectivity index is 1.82. The zero-order chi connectivity index (χ0) is 28.6. The predicted molar refractivity (Wildman–Crippen MR) is 153 cm³/mol. The second kappa shape index (κ2) is 13.5. The third kappa shape index (κ3) is 6.82. The van der Waals surface area contributed by atoms with E-state index in [9.17, 15) is 5.26 Å². The number of nitrogens with zero attached hydrogens (tertiary/aromatic N) is 8. The Bertz CT molecular complexity index is 1500. The Kier molecular flexibility index (Phi) is 9.81. The van der Waals surface area contributed by atoms with E-state index >= 15 is 0 Å². The summed E-state index contributed by atoms with van der Waals surface area (Å²) in [6.07, 6.45) is 0. The van der Waals surface area contributed by atoms with Gasteiger partial charge in [-0.3, -0.25) is 0 Å². The number of methoxy groups -OCH3 is 3. The van der Waals surface area contributed by atoms with Gasteiger partial charge in [-0.2, -0.15) is 5.26 Å². The molecule has 40 heavy (non-hydrogen) atoms. The molecular formula is C27H30N8O3S2. The molecule has 0 saturated heterocycles. The first-order chi connectivity index (χ1) is 19.4. The van der Waals surface area contributed by atoms with Crippen molar-refractivity contribution >= 4 is 23.5 Å². The molecule has 2 aromatic carbocycles. The number of hydrogen-bond acceptors (Lipinski definition) is 12. The van der Waals surface area contributed by atoms with Gasteiger partial charge in [0, 0.05) is 17.9 Å². The SMILES string of the molecule is COc1cc(-c2nc(SCc3cccc(C)c3)nc(Sc3nnnn3CCN(C)C)c2C#N)cc(OC)c1OC. The highest BCUT2D eigenvalue weighted by molar-refractivity contribution is 7.99. The summed E-state index contributed by atoms with van der Waals surface area (Å²) in [5, 5.41) is 24.0. The number of rotatable bonds is 12. The largest absolute Gasteiger partial charge is 0.493 e. The lowest BCUT2D eigenvalue weighted by molar-refractivity contribution is 0.324. The van der Waals surface area contributed by atoms with E-state index < -0.39 is 0 Å². The molecule has 0 radical (unpaired) electrons. The molecule has 0 amide bonds. The molecule has 0 bridgehead atoms. The summed E-state index contributed by atoms with van der Waals surface area (Å²) in [6, 6.07) is 14.1. The molecule has 13 heteroatoms. The number of thioether (sulfide) groups is 1. The van der Waals surface area contributed by atoms with Crippen LogP contribution in [0.15, 0.2) is 51.7 Å². The van der Waals surface area contributed by atoms with Gasteiger partial charge in [-0.1, -0.05) is 41.6 Å². The summed E-state index contributed by atoms with van der Waals surface area (Å²) >= 11 is 2.72. The Labute approximate surface area is 241 Å². The van der Waals surface area contributed by atoms with Crippen molar-refractivity contribution in [2.24, 2.45) is 0 Å². The van der Waals surface area contributed by atoms with Crippen molar-refractivity contribution in [3.05, 3.63) is 53.1 Å². The lowest BCUT2D eigenvalue weighted by Crippen LogP contribution is -2.19. The van der Waals surface area contributed by atoms with Crippen molar-refractivity contribution in [1.29, 1.82) is 5.26 Å². The van der Waals surface area contributed by atoms with Crippen molar-refractivity contribution in [1.82, 2.24) is 35.1 Å². The average molecular weight is 579 g/mol. The zero-order valence-electron chi connectivity index (χ0n) is 23.2. The molecule has 0 atom stereocenters. The van der Waals surface area contributed by atoms with Crippen molar-refractivity contribution in [2.45, 2.75) is 34.6 Å². The van der Waals surface area contributed by atoms with Crippen LogP contribution in [0.5, 0.6) is 17.2 Å². The normalized spacial score (nSPS) is 10.9. The summed E-state index contributed by atoms with van der Waals surface area (Å²) in [5.41, 5.74) is 3.69. The van der Waals surface area contributed by atoms with Crippen LogP contribution >= 0.6 is 23.5 Å². The van der Waals surface area contributed by atoms with Crippen LogP contribution in [-0.4, -0.2) is 77.0 Å². The predicted octanol–water partition coefficient (Wildman–Crippen LogP) is 4.34. The number of hydrogen-bond donors (Lipinski definition) is 0. The number of benzene rings is 2. The van der Waals surface area contributed by atoms with Crippen LogP contribution in [0.3, 0.4) is 0 Å². The Hall–Kier alpha value is -3.86. The van der Waals surface area contributed by atoms with Crippen molar-refractivity contribution in [3.8, 4) is 34.6 Å². The summed E-state index contributed by atoms with van der Waals surface area (Å²) in [7, 11) is 8.60. The van der Waals surface area contributed by atoms with E-state index in [0.29, 0.717) is 61.7 Å². The first kappa shape index (κ1) is 29.1. The lowest BCUT2D eigenvalue weighted by Gasteiger charge is -2.16. The number of ether oxygens (including phenoxy) is 3. The Morgan fingerprint density at radius 2 is 1.77 bits per heavy atom.